The first-order valence-electron chi connectivity index (χ1n) is 9.69. The number of benzene rings is 1. The van der Waals surface area contributed by atoms with Crippen LogP contribution in [-0.2, 0) is 9.53 Å². The molecule has 2 unspecified atom stereocenters. The molecule has 0 aliphatic carbocycles. The summed E-state index contributed by atoms with van der Waals surface area (Å²) in [6, 6.07) is 3.96. The summed E-state index contributed by atoms with van der Waals surface area (Å²) in [7, 11) is 1.33. The van der Waals surface area contributed by atoms with Gasteiger partial charge in [-0.2, -0.15) is 8.78 Å². The lowest BCUT2D eigenvalue weighted by Gasteiger charge is -2.26. The Balaban J connectivity index is 2.05. The van der Waals surface area contributed by atoms with Crippen molar-refractivity contribution in [3.8, 4) is 22.6 Å². The van der Waals surface area contributed by atoms with E-state index in [-0.39, 0.29) is 40.2 Å². The van der Waals surface area contributed by atoms with E-state index >= 15 is 0 Å². The fraction of sp³-hybridized carbons (Fsp3) is 0.429. The van der Waals surface area contributed by atoms with Gasteiger partial charge in [-0.25, -0.2) is 4.79 Å². The Morgan fingerprint density at radius 3 is 2.65 bits per heavy atom. The van der Waals surface area contributed by atoms with Crippen LogP contribution in [-0.4, -0.2) is 42.1 Å². The van der Waals surface area contributed by atoms with Crippen molar-refractivity contribution in [1.29, 1.82) is 0 Å². The number of ether oxygens (including phenoxy) is 3. The van der Waals surface area contributed by atoms with Crippen LogP contribution >= 0.6 is 11.6 Å². The average Bonchev–Trinajstić information content (AvgIpc) is 2.73. The van der Waals surface area contributed by atoms with Gasteiger partial charge in [0.15, 0.2) is 0 Å². The summed E-state index contributed by atoms with van der Waals surface area (Å²) in [5, 5.41) is 9.97. The first-order chi connectivity index (χ1) is 14.8. The van der Waals surface area contributed by atoms with Gasteiger partial charge in [0.25, 0.3) is 5.56 Å². The highest BCUT2D eigenvalue weighted by Crippen LogP contribution is 2.38. The van der Waals surface area contributed by atoms with Crippen molar-refractivity contribution in [2.24, 2.45) is 0 Å². The molecule has 2 heterocycles. The van der Waals surface area contributed by atoms with Gasteiger partial charge in [-0.3, -0.25) is 9.36 Å². The van der Waals surface area contributed by atoms with Crippen molar-refractivity contribution in [1.82, 2.24) is 4.57 Å². The van der Waals surface area contributed by atoms with Gasteiger partial charge >= 0.3 is 12.6 Å². The van der Waals surface area contributed by atoms with Crippen molar-refractivity contribution in [3.63, 3.8) is 0 Å². The zero-order valence-electron chi connectivity index (χ0n) is 16.7. The molecule has 3 rings (SSSR count). The number of carboxylic acids is 1. The normalized spacial score (nSPS) is 17.4. The van der Waals surface area contributed by atoms with E-state index in [1.165, 1.54) is 31.5 Å². The second-order valence-corrected chi connectivity index (χ2v) is 7.53. The molecule has 10 heteroatoms. The van der Waals surface area contributed by atoms with E-state index in [9.17, 15) is 23.5 Å². The number of methoxy groups -OCH3 is 1. The molecule has 7 nitrogen and oxygen atoms in total. The monoisotopic (exact) mass is 457 g/mol. The molecule has 1 aliphatic rings. The summed E-state index contributed by atoms with van der Waals surface area (Å²) in [6.45, 7) is -2.53. The van der Waals surface area contributed by atoms with Crippen LogP contribution in [0.3, 0.4) is 0 Å². The highest BCUT2D eigenvalue weighted by molar-refractivity contribution is 6.31. The van der Waals surface area contributed by atoms with Crippen LogP contribution in [0.25, 0.3) is 11.1 Å². The Morgan fingerprint density at radius 1 is 1.29 bits per heavy atom. The lowest BCUT2D eigenvalue weighted by Crippen LogP contribution is -2.33. The molecule has 1 N–H and O–H groups in total. The molecule has 1 aromatic heterocycles. The van der Waals surface area contributed by atoms with E-state index < -0.39 is 24.2 Å². The molecule has 1 saturated heterocycles. The van der Waals surface area contributed by atoms with Gasteiger partial charge < -0.3 is 19.3 Å². The molecule has 0 bridgehead atoms. The second kappa shape index (κ2) is 10.1. The van der Waals surface area contributed by atoms with E-state index in [0.717, 1.165) is 23.5 Å². The topological polar surface area (TPSA) is 87.0 Å². The number of aromatic nitrogens is 1. The van der Waals surface area contributed by atoms with Gasteiger partial charge in [0.2, 0.25) is 0 Å². The van der Waals surface area contributed by atoms with Gasteiger partial charge in [-0.05, 0) is 37.5 Å². The van der Waals surface area contributed by atoms with E-state index in [0.29, 0.717) is 13.0 Å². The minimum Gasteiger partial charge on any atom is -0.495 e. The zero-order valence-corrected chi connectivity index (χ0v) is 17.5. The van der Waals surface area contributed by atoms with E-state index in [1.807, 2.05) is 0 Å². The molecule has 168 valence electrons. The number of nitrogens with zero attached hydrogens (tertiary/aromatic N) is 1. The number of carboxylic acid groups (broad SMARTS) is 1. The van der Waals surface area contributed by atoms with Gasteiger partial charge in [0.05, 0.1) is 19.4 Å². The fourth-order valence-corrected chi connectivity index (χ4v) is 3.80. The second-order valence-electron chi connectivity index (χ2n) is 7.10. The number of rotatable bonds is 8. The van der Waals surface area contributed by atoms with Gasteiger partial charge in [-0.15, -0.1) is 0 Å². The van der Waals surface area contributed by atoms with Crippen molar-refractivity contribution >= 4 is 17.6 Å². The lowest BCUT2D eigenvalue weighted by atomic mass is 10.0. The average molecular weight is 458 g/mol. The standard InChI is InChI=1S/C21H22ClF2NO6/c1-29-18-11-25(16(20(27)28)9-13-4-2-3-7-30-13)19(26)10-15(18)14-8-12(22)5-6-17(14)31-21(23)24/h5-6,8,10-11,13,16,21H,2-4,7,9H2,1H3,(H,27,28). The number of halogens is 3. The number of pyridine rings is 1. The van der Waals surface area contributed by atoms with Crippen LogP contribution < -0.4 is 15.0 Å². The third kappa shape index (κ3) is 5.54. The Kier molecular flexibility index (Phi) is 7.50. The van der Waals surface area contributed by atoms with Crippen molar-refractivity contribution < 1.29 is 32.9 Å². The molecule has 2 atom stereocenters. The Morgan fingerprint density at radius 2 is 2.03 bits per heavy atom. The predicted octanol–water partition coefficient (Wildman–Crippen LogP) is 4.36. The number of carbonyl (C=O) groups is 1. The number of alkyl halides is 2. The molecule has 2 aromatic rings. The lowest BCUT2D eigenvalue weighted by molar-refractivity contribution is -0.142. The largest absolute Gasteiger partial charge is 0.495 e. The molecule has 31 heavy (non-hydrogen) atoms. The summed E-state index contributed by atoms with van der Waals surface area (Å²) in [5.74, 6) is -1.27. The summed E-state index contributed by atoms with van der Waals surface area (Å²) in [6.07, 6.45) is 3.66. The van der Waals surface area contributed by atoms with E-state index in [2.05, 4.69) is 4.74 Å². The third-order valence-electron chi connectivity index (χ3n) is 5.09. The number of hydrogen-bond acceptors (Lipinski definition) is 5. The van der Waals surface area contributed by atoms with Crippen LogP contribution in [0.5, 0.6) is 11.5 Å². The van der Waals surface area contributed by atoms with Crippen molar-refractivity contribution in [2.45, 2.75) is 44.4 Å². The van der Waals surface area contributed by atoms with E-state index in [4.69, 9.17) is 21.1 Å². The summed E-state index contributed by atoms with van der Waals surface area (Å²) < 4.78 is 42.2. The van der Waals surface area contributed by atoms with Crippen LogP contribution in [0.4, 0.5) is 8.78 Å². The maximum absolute atomic E-state index is 12.9. The number of hydrogen-bond donors (Lipinski definition) is 1. The van der Waals surface area contributed by atoms with Gasteiger partial charge in [0, 0.05) is 35.2 Å². The molecule has 0 saturated carbocycles. The molecule has 1 fully saturated rings. The van der Waals surface area contributed by atoms with Crippen LogP contribution in [0, 0.1) is 0 Å². The highest BCUT2D eigenvalue weighted by atomic mass is 35.5. The molecular weight excluding hydrogens is 436 g/mol. The van der Waals surface area contributed by atoms with Gasteiger partial charge in [0.1, 0.15) is 17.5 Å². The third-order valence-corrected chi connectivity index (χ3v) is 5.33. The first-order valence-corrected chi connectivity index (χ1v) is 10.1. The Bertz CT molecular complexity index is 990. The molecule has 1 aromatic carbocycles. The SMILES string of the molecule is COc1cn(C(CC2CCCCO2)C(=O)O)c(=O)cc1-c1cc(Cl)ccc1OC(F)F. The van der Waals surface area contributed by atoms with Crippen LogP contribution in [0.15, 0.2) is 35.3 Å². The number of aliphatic carboxylic acids is 1. The first kappa shape index (κ1) is 23.0. The Labute approximate surface area is 182 Å². The summed E-state index contributed by atoms with van der Waals surface area (Å²) in [5.41, 5.74) is -0.363. The van der Waals surface area contributed by atoms with E-state index in [1.54, 1.807) is 0 Å². The Hall–Kier alpha value is -2.65. The fourth-order valence-electron chi connectivity index (χ4n) is 3.63. The maximum atomic E-state index is 12.9. The maximum Gasteiger partial charge on any atom is 0.387 e. The smallest absolute Gasteiger partial charge is 0.387 e. The highest BCUT2D eigenvalue weighted by Gasteiger charge is 2.28. The van der Waals surface area contributed by atoms with Crippen molar-refractivity contribution in [3.05, 3.63) is 45.8 Å². The van der Waals surface area contributed by atoms with Crippen LogP contribution in [0.1, 0.15) is 31.7 Å². The molecule has 0 radical (unpaired) electrons. The van der Waals surface area contributed by atoms with Crippen molar-refractivity contribution in [2.75, 3.05) is 13.7 Å². The minimum absolute atomic E-state index is 0.108. The molecule has 0 spiro atoms. The quantitative estimate of drug-likeness (QED) is 0.633. The molecular formula is C21H22ClF2NO6. The zero-order chi connectivity index (χ0) is 22.5. The summed E-state index contributed by atoms with van der Waals surface area (Å²) in [4.78, 5) is 24.8. The van der Waals surface area contributed by atoms with Gasteiger partial charge in [-0.1, -0.05) is 11.6 Å². The summed E-state index contributed by atoms with van der Waals surface area (Å²) >= 11 is 6.01. The molecule has 1 aliphatic heterocycles. The molecule has 0 amide bonds. The minimum atomic E-state index is -3.09. The predicted molar refractivity (Wildman–Crippen MR) is 109 cm³/mol. The van der Waals surface area contributed by atoms with Crippen LogP contribution in [0.2, 0.25) is 5.02 Å².